The fraction of sp³-hybridized carbons (Fsp3) is 0.611. The summed E-state index contributed by atoms with van der Waals surface area (Å²) in [5, 5.41) is 5.71. The van der Waals surface area contributed by atoms with Crippen LogP contribution in [0.5, 0.6) is 5.75 Å². The number of halogens is 1. The summed E-state index contributed by atoms with van der Waals surface area (Å²) < 4.78 is 23.5. The molecule has 1 aromatic rings. The van der Waals surface area contributed by atoms with E-state index in [1.54, 1.807) is 12.1 Å². The zero-order chi connectivity index (χ0) is 17.7. The van der Waals surface area contributed by atoms with Crippen molar-refractivity contribution in [2.75, 3.05) is 52.5 Å². The Labute approximate surface area is 148 Å². The number of nitrogens with one attached hydrogen (secondary N) is 2. The summed E-state index contributed by atoms with van der Waals surface area (Å²) in [7, 11) is 0. The predicted octanol–water partition coefficient (Wildman–Crippen LogP) is 2.01. The van der Waals surface area contributed by atoms with Gasteiger partial charge in [0.15, 0.2) is 0 Å². The highest BCUT2D eigenvalue weighted by atomic mass is 19.1. The molecular weight excluding hydrogens is 325 g/mol. The maximum Gasteiger partial charge on any atom is 0.314 e. The lowest BCUT2D eigenvalue weighted by Crippen LogP contribution is -2.40. The largest absolute Gasteiger partial charge is 0.494 e. The highest BCUT2D eigenvalue weighted by Gasteiger charge is 2.09. The number of rotatable bonds is 10. The number of hydrogen-bond donors (Lipinski definition) is 2. The van der Waals surface area contributed by atoms with Crippen LogP contribution in [0.25, 0.3) is 0 Å². The molecule has 0 atom stereocenters. The molecule has 6 nitrogen and oxygen atoms in total. The molecule has 0 radical (unpaired) electrons. The summed E-state index contributed by atoms with van der Waals surface area (Å²) in [6, 6.07) is 5.85. The molecule has 2 N–H and O–H groups in total. The van der Waals surface area contributed by atoms with E-state index in [1.807, 2.05) is 0 Å². The molecule has 0 spiro atoms. The SMILES string of the molecule is O=C(NCCCCOc1ccc(F)cc1)NCCCN1CCOCC1. The van der Waals surface area contributed by atoms with Gasteiger partial charge in [0.1, 0.15) is 11.6 Å². The van der Waals surface area contributed by atoms with Crippen LogP contribution in [-0.4, -0.2) is 63.5 Å². The first kappa shape index (κ1) is 19.5. The summed E-state index contributed by atoms with van der Waals surface area (Å²) in [6.07, 6.45) is 2.61. The van der Waals surface area contributed by atoms with Gasteiger partial charge < -0.3 is 20.1 Å². The van der Waals surface area contributed by atoms with E-state index in [9.17, 15) is 9.18 Å². The average Bonchev–Trinajstić information content (AvgIpc) is 2.64. The van der Waals surface area contributed by atoms with Crippen LogP contribution >= 0.6 is 0 Å². The van der Waals surface area contributed by atoms with Crippen molar-refractivity contribution in [1.29, 1.82) is 0 Å². The third-order valence-corrected chi connectivity index (χ3v) is 3.98. The highest BCUT2D eigenvalue weighted by molar-refractivity contribution is 5.73. The van der Waals surface area contributed by atoms with Crippen molar-refractivity contribution in [2.45, 2.75) is 19.3 Å². The van der Waals surface area contributed by atoms with E-state index in [4.69, 9.17) is 9.47 Å². The summed E-state index contributed by atoms with van der Waals surface area (Å²) in [4.78, 5) is 14.0. The second-order valence-corrected chi connectivity index (χ2v) is 6.00. The van der Waals surface area contributed by atoms with Crippen LogP contribution in [0.4, 0.5) is 9.18 Å². The van der Waals surface area contributed by atoms with E-state index in [0.717, 1.165) is 52.1 Å². The summed E-state index contributed by atoms with van der Waals surface area (Å²) >= 11 is 0. The molecule has 1 aromatic carbocycles. The van der Waals surface area contributed by atoms with Crippen LogP contribution in [0.2, 0.25) is 0 Å². The summed E-state index contributed by atoms with van der Waals surface area (Å²) in [5.41, 5.74) is 0. The standard InChI is InChI=1S/C18H28FN3O3/c19-16-4-6-17(7-5-16)25-13-2-1-8-20-18(23)21-9-3-10-22-11-14-24-15-12-22/h4-7H,1-3,8-15H2,(H2,20,21,23). The molecule has 0 aromatic heterocycles. The monoisotopic (exact) mass is 353 g/mol. The number of amides is 2. The first-order chi connectivity index (χ1) is 12.2. The predicted molar refractivity (Wildman–Crippen MR) is 94.4 cm³/mol. The third-order valence-electron chi connectivity index (χ3n) is 3.98. The van der Waals surface area contributed by atoms with Crippen molar-refractivity contribution in [1.82, 2.24) is 15.5 Å². The molecule has 2 amide bonds. The molecule has 1 saturated heterocycles. The number of hydrogen-bond acceptors (Lipinski definition) is 4. The molecule has 0 saturated carbocycles. The first-order valence-corrected chi connectivity index (χ1v) is 8.94. The second-order valence-electron chi connectivity index (χ2n) is 6.00. The number of carbonyl (C=O) groups is 1. The Morgan fingerprint density at radius 2 is 1.76 bits per heavy atom. The van der Waals surface area contributed by atoms with Crippen molar-refractivity contribution in [3.63, 3.8) is 0 Å². The van der Waals surface area contributed by atoms with Crippen molar-refractivity contribution in [2.24, 2.45) is 0 Å². The first-order valence-electron chi connectivity index (χ1n) is 8.94. The molecule has 7 heteroatoms. The fourth-order valence-corrected chi connectivity index (χ4v) is 2.54. The van der Waals surface area contributed by atoms with Crippen LogP contribution in [0.15, 0.2) is 24.3 Å². The molecule has 1 aliphatic rings. The van der Waals surface area contributed by atoms with Crippen LogP contribution in [-0.2, 0) is 4.74 Å². The summed E-state index contributed by atoms with van der Waals surface area (Å²) in [6.45, 7) is 6.40. The molecule has 1 fully saturated rings. The van der Waals surface area contributed by atoms with Crippen LogP contribution in [0.3, 0.4) is 0 Å². The van der Waals surface area contributed by atoms with E-state index < -0.39 is 0 Å². The topological polar surface area (TPSA) is 62.8 Å². The molecule has 2 rings (SSSR count). The molecule has 0 bridgehead atoms. The van der Waals surface area contributed by atoms with E-state index in [0.29, 0.717) is 25.4 Å². The van der Waals surface area contributed by atoms with Crippen molar-refractivity contribution in [3.8, 4) is 5.75 Å². The van der Waals surface area contributed by atoms with E-state index >= 15 is 0 Å². The number of carbonyl (C=O) groups excluding carboxylic acids is 1. The van der Waals surface area contributed by atoms with Crippen molar-refractivity contribution >= 4 is 6.03 Å². The zero-order valence-electron chi connectivity index (χ0n) is 14.6. The minimum Gasteiger partial charge on any atom is -0.494 e. The minimum atomic E-state index is -0.271. The van der Waals surface area contributed by atoms with E-state index in [1.165, 1.54) is 12.1 Å². The van der Waals surface area contributed by atoms with Gasteiger partial charge in [-0.1, -0.05) is 0 Å². The maximum atomic E-state index is 12.7. The number of urea groups is 1. The van der Waals surface area contributed by atoms with E-state index in [2.05, 4.69) is 15.5 Å². The van der Waals surface area contributed by atoms with Gasteiger partial charge in [0.05, 0.1) is 19.8 Å². The van der Waals surface area contributed by atoms with Gasteiger partial charge in [-0.2, -0.15) is 0 Å². The van der Waals surface area contributed by atoms with Crippen LogP contribution in [0.1, 0.15) is 19.3 Å². The van der Waals surface area contributed by atoms with Gasteiger partial charge in [0, 0.05) is 26.2 Å². The fourth-order valence-electron chi connectivity index (χ4n) is 2.54. The lowest BCUT2D eigenvalue weighted by Gasteiger charge is -2.26. The van der Waals surface area contributed by atoms with Gasteiger partial charge in [-0.3, -0.25) is 4.90 Å². The highest BCUT2D eigenvalue weighted by Crippen LogP contribution is 2.11. The van der Waals surface area contributed by atoms with Crippen molar-refractivity contribution in [3.05, 3.63) is 30.1 Å². The third kappa shape index (κ3) is 8.69. The maximum absolute atomic E-state index is 12.7. The van der Waals surface area contributed by atoms with Crippen LogP contribution in [0, 0.1) is 5.82 Å². The lowest BCUT2D eigenvalue weighted by molar-refractivity contribution is 0.0375. The molecule has 1 aliphatic heterocycles. The Kier molecular flexibility index (Phi) is 9.07. The quantitative estimate of drug-likeness (QED) is 0.632. The summed E-state index contributed by atoms with van der Waals surface area (Å²) in [5.74, 6) is 0.389. The van der Waals surface area contributed by atoms with Gasteiger partial charge in [0.2, 0.25) is 0 Å². The minimum absolute atomic E-state index is 0.124. The molecular formula is C18H28FN3O3. The normalized spacial score (nSPS) is 14.9. The van der Waals surface area contributed by atoms with E-state index in [-0.39, 0.29) is 11.8 Å². The van der Waals surface area contributed by atoms with Gasteiger partial charge in [0.25, 0.3) is 0 Å². The molecule has 140 valence electrons. The lowest BCUT2D eigenvalue weighted by atomic mass is 10.3. The number of nitrogens with zero attached hydrogens (tertiary/aromatic N) is 1. The van der Waals surface area contributed by atoms with Gasteiger partial charge in [-0.15, -0.1) is 0 Å². The van der Waals surface area contributed by atoms with Crippen molar-refractivity contribution < 1.29 is 18.7 Å². The Bertz CT molecular complexity index is 493. The number of ether oxygens (including phenoxy) is 2. The number of morpholine rings is 1. The molecule has 25 heavy (non-hydrogen) atoms. The Hall–Kier alpha value is -1.86. The number of benzene rings is 1. The van der Waals surface area contributed by atoms with Gasteiger partial charge in [-0.05, 0) is 50.1 Å². The Morgan fingerprint density at radius 1 is 1.08 bits per heavy atom. The molecule has 0 unspecified atom stereocenters. The Morgan fingerprint density at radius 3 is 2.48 bits per heavy atom. The molecule has 1 heterocycles. The van der Waals surface area contributed by atoms with Crippen LogP contribution < -0.4 is 15.4 Å². The number of unbranched alkanes of at least 4 members (excludes halogenated alkanes) is 1. The smallest absolute Gasteiger partial charge is 0.314 e. The Balaban J connectivity index is 1.39. The average molecular weight is 353 g/mol. The second kappa shape index (κ2) is 11.7. The molecule has 0 aliphatic carbocycles. The van der Waals surface area contributed by atoms with Gasteiger partial charge >= 0.3 is 6.03 Å². The zero-order valence-corrected chi connectivity index (χ0v) is 14.6. The van der Waals surface area contributed by atoms with Gasteiger partial charge in [-0.25, -0.2) is 9.18 Å².